The van der Waals surface area contributed by atoms with Crippen molar-refractivity contribution in [2.45, 2.75) is 38.7 Å². The SMILES string of the molecule is CC(C)(C)c1ccc(OCC(=O)NCC(O)c2ccc(OC(F)(F)F)cc2)cc1. The Labute approximate surface area is 167 Å². The van der Waals surface area contributed by atoms with Crippen molar-refractivity contribution >= 4 is 5.91 Å². The summed E-state index contributed by atoms with van der Waals surface area (Å²) in [6, 6.07) is 12.2. The molecule has 8 heteroatoms. The smallest absolute Gasteiger partial charge is 0.484 e. The topological polar surface area (TPSA) is 67.8 Å². The highest BCUT2D eigenvalue weighted by molar-refractivity contribution is 5.77. The maximum atomic E-state index is 12.1. The van der Waals surface area contributed by atoms with Crippen LogP contribution in [0.5, 0.6) is 11.5 Å². The van der Waals surface area contributed by atoms with Gasteiger partial charge in [0.2, 0.25) is 0 Å². The van der Waals surface area contributed by atoms with E-state index in [-0.39, 0.29) is 24.3 Å². The molecule has 0 saturated heterocycles. The predicted molar refractivity (Wildman–Crippen MR) is 102 cm³/mol. The van der Waals surface area contributed by atoms with Gasteiger partial charge in [-0.1, -0.05) is 45.0 Å². The standard InChI is InChI=1S/C21H24F3NO4/c1-20(2,3)15-6-10-16(11-7-15)28-13-19(27)25-12-18(26)14-4-8-17(9-5-14)29-21(22,23)24/h4-11,18,26H,12-13H2,1-3H3,(H,25,27). The van der Waals surface area contributed by atoms with Gasteiger partial charge in [-0.25, -0.2) is 0 Å². The molecule has 0 radical (unpaired) electrons. The summed E-state index contributed by atoms with van der Waals surface area (Å²) in [5.74, 6) is -0.265. The summed E-state index contributed by atoms with van der Waals surface area (Å²) in [5, 5.41) is 12.6. The lowest BCUT2D eigenvalue weighted by Crippen LogP contribution is -2.32. The van der Waals surface area contributed by atoms with E-state index in [1.54, 1.807) is 12.1 Å². The third-order valence-corrected chi connectivity index (χ3v) is 4.08. The van der Waals surface area contributed by atoms with E-state index >= 15 is 0 Å². The first-order chi connectivity index (χ1) is 13.4. The summed E-state index contributed by atoms with van der Waals surface area (Å²) in [6.45, 7) is 5.96. The summed E-state index contributed by atoms with van der Waals surface area (Å²) in [7, 11) is 0. The maximum absolute atomic E-state index is 12.1. The highest BCUT2D eigenvalue weighted by Crippen LogP contribution is 2.25. The molecule has 0 aromatic heterocycles. The van der Waals surface area contributed by atoms with E-state index in [2.05, 4.69) is 30.8 Å². The number of rotatable bonds is 7. The van der Waals surface area contributed by atoms with E-state index in [1.165, 1.54) is 12.1 Å². The van der Waals surface area contributed by atoms with Crippen LogP contribution in [0.3, 0.4) is 0 Å². The van der Waals surface area contributed by atoms with Crippen LogP contribution >= 0.6 is 0 Å². The number of carbonyl (C=O) groups excluding carboxylic acids is 1. The fourth-order valence-corrected chi connectivity index (χ4v) is 2.47. The number of aliphatic hydroxyl groups is 1. The number of benzene rings is 2. The van der Waals surface area contributed by atoms with E-state index in [0.717, 1.165) is 17.7 Å². The van der Waals surface area contributed by atoms with Crippen LogP contribution in [-0.2, 0) is 10.2 Å². The number of ether oxygens (including phenoxy) is 2. The molecule has 158 valence electrons. The Kier molecular flexibility index (Phi) is 7.13. The molecule has 2 aromatic rings. The molecule has 0 aliphatic heterocycles. The normalized spacial score (nSPS) is 12.9. The lowest BCUT2D eigenvalue weighted by atomic mass is 9.87. The van der Waals surface area contributed by atoms with E-state index in [1.807, 2.05) is 12.1 Å². The third kappa shape index (κ3) is 7.65. The summed E-state index contributed by atoms with van der Waals surface area (Å²) in [6.07, 6.45) is -5.86. The van der Waals surface area contributed by atoms with Gasteiger partial charge in [-0.15, -0.1) is 13.2 Å². The first-order valence-electron chi connectivity index (χ1n) is 8.98. The van der Waals surface area contributed by atoms with Crippen LogP contribution in [0.4, 0.5) is 13.2 Å². The Hall–Kier alpha value is -2.74. The van der Waals surface area contributed by atoms with Crippen molar-refractivity contribution in [3.63, 3.8) is 0 Å². The van der Waals surface area contributed by atoms with Gasteiger partial charge in [0.05, 0.1) is 6.10 Å². The molecule has 0 aliphatic rings. The van der Waals surface area contributed by atoms with Gasteiger partial charge in [0.1, 0.15) is 11.5 Å². The number of hydrogen-bond acceptors (Lipinski definition) is 4. The second-order valence-corrected chi connectivity index (χ2v) is 7.50. The minimum atomic E-state index is -4.78. The largest absolute Gasteiger partial charge is 0.573 e. The number of nitrogens with one attached hydrogen (secondary N) is 1. The molecule has 0 saturated carbocycles. The molecule has 0 heterocycles. The van der Waals surface area contributed by atoms with Crippen LogP contribution in [0.2, 0.25) is 0 Å². The molecule has 0 spiro atoms. The van der Waals surface area contributed by atoms with Gasteiger partial charge >= 0.3 is 6.36 Å². The van der Waals surface area contributed by atoms with Crippen molar-refractivity contribution in [1.29, 1.82) is 0 Å². The zero-order valence-electron chi connectivity index (χ0n) is 16.4. The molecule has 1 unspecified atom stereocenters. The second kappa shape index (κ2) is 9.17. The first kappa shape index (κ1) is 22.5. The van der Waals surface area contributed by atoms with E-state index in [9.17, 15) is 23.1 Å². The summed E-state index contributed by atoms with van der Waals surface area (Å²) in [5.41, 5.74) is 1.51. The van der Waals surface area contributed by atoms with Gasteiger partial charge in [-0.2, -0.15) is 0 Å². The number of amides is 1. The average Bonchev–Trinajstić information content (AvgIpc) is 2.63. The van der Waals surface area contributed by atoms with Gasteiger partial charge in [-0.3, -0.25) is 4.79 Å². The second-order valence-electron chi connectivity index (χ2n) is 7.50. The Bertz CT molecular complexity index is 797. The molecular weight excluding hydrogens is 387 g/mol. The molecule has 1 atom stereocenters. The van der Waals surface area contributed by atoms with Crippen molar-refractivity contribution in [3.05, 3.63) is 59.7 Å². The zero-order chi connectivity index (χ0) is 21.7. The van der Waals surface area contributed by atoms with Crippen molar-refractivity contribution in [1.82, 2.24) is 5.32 Å². The quantitative estimate of drug-likeness (QED) is 0.720. The first-order valence-corrected chi connectivity index (χ1v) is 8.98. The molecule has 0 aliphatic carbocycles. The van der Waals surface area contributed by atoms with Crippen molar-refractivity contribution in [3.8, 4) is 11.5 Å². The lowest BCUT2D eigenvalue weighted by Gasteiger charge is -2.19. The van der Waals surface area contributed by atoms with Gasteiger partial charge in [0, 0.05) is 6.54 Å². The summed E-state index contributed by atoms with van der Waals surface area (Å²) < 4.78 is 45.6. The minimum Gasteiger partial charge on any atom is -0.484 e. The van der Waals surface area contributed by atoms with Crippen molar-refractivity contribution in [2.75, 3.05) is 13.2 Å². The Morgan fingerprint density at radius 3 is 2.07 bits per heavy atom. The van der Waals surface area contributed by atoms with Crippen molar-refractivity contribution in [2.24, 2.45) is 0 Å². The van der Waals surface area contributed by atoms with Gasteiger partial charge in [0.25, 0.3) is 5.91 Å². The zero-order valence-corrected chi connectivity index (χ0v) is 16.4. The maximum Gasteiger partial charge on any atom is 0.573 e. The molecule has 2 rings (SSSR count). The van der Waals surface area contributed by atoms with E-state index in [0.29, 0.717) is 11.3 Å². The summed E-state index contributed by atoms with van der Waals surface area (Å²) >= 11 is 0. The Balaban J connectivity index is 1.78. The van der Waals surface area contributed by atoms with Crippen LogP contribution < -0.4 is 14.8 Å². The van der Waals surface area contributed by atoms with Crippen LogP contribution in [0.15, 0.2) is 48.5 Å². The molecule has 2 N–H and O–H groups in total. The van der Waals surface area contributed by atoms with E-state index in [4.69, 9.17) is 4.74 Å². The van der Waals surface area contributed by atoms with Gasteiger partial charge < -0.3 is 19.9 Å². The molecular formula is C21H24F3NO4. The molecule has 1 amide bonds. The molecule has 0 bridgehead atoms. The Morgan fingerprint density at radius 1 is 1.00 bits per heavy atom. The average molecular weight is 411 g/mol. The Morgan fingerprint density at radius 2 is 1.55 bits per heavy atom. The number of carbonyl (C=O) groups is 1. The monoisotopic (exact) mass is 411 g/mol. The van der Waals surface area contributed by atoms with Crippen LogP contribution in [0.1, 0.15) is 38.0 Å². The molecule has 0 fully saturated rings. The number of alkyl halides is 3. The van der Waals surface area contributed by atoms with Crippen LogP contribution in [0, 0.1) is 0 Å². The minimum absolute atomic E-state index is 0.0170. The van der Waals surface area contributed by atoms with Crippen LogP contribution in [-0.4, -0.2) is 30.5 Å². The predicted octanol–water partition coefficient (Wildman–Crippen LogP) is 4.11. The third-order valence-electron chi connectivity index (χ3n) is 4.08. The highest BCUT2D eigenvalue weighted by atomic mass is 19.4. The number of hydrogen-bond donors (Lipinski definition) is 2. The fraction of sp³-hybridized carbons (Fsp3) is 0.381. The van der Waals surface area contributed by atoms with Gasteiger partial charge in [0.15, 0.2) is 6.61 Å². The molecule has 2 aromatic carbocycles. The van der Waals surface area contributed by atoms with E-state index < -0.39 is 18.4 Å². The van der Waals surface area contributed by atoms with Crippen LogP contribution in [0.25, 0.3) is 0 Å². The molecule has 29 heavy (non-hydrogen) atoms. The number of aliphatic hydroxyl groups excluding tert-OH is 1. The number of halogens is 3. The lowest BCUT2D eigenvalue weighted by molar-refractivity contribution is -0.274. The fourth-order valence-electron chi connectivity index (χ4n) is 2.47. The summed E-state index contributed by atoms with van der Waals surface area (Å²) in [4.78, 5) is 11.9. The van der Waals surface area contributed by atoms with Crippen molar-refractivity contribution < 1.29 is 32.5 Å². The van der Waals surface area contributed by atoms with Gasteiger partial charge in [-0.05, 0) is 40.8 Å². The highest BCUT2D eigenvalue weighted by Gasteiger charge is 2.31. The molecule has 5 nitrogen and oxygen atoms in total.